The topological polar surface area (TPSA) is 26.7 Å². The van der Waals surface area contributed by atoms with Gasteiger partial charge in [-0.1, -0.05) is 97.1 Å². The van der Waals surface area contributed by atoms with Crippen molar-refractivity contribution in [3.05, 3.63) is 119 Å². The fraction of sp³-hybridized carbons (Fsp3) is 0.333. The number of aliphatic hydroxyl groups excluding tert-OH is 1. The number of rotatable bonds is 6. The van der Waals surface area contributed by atoms with Crippen LogP contribution in [0.1, 0.15) is 23.1 Å². The zero-order valence-corrected chi connectivity index (χ0v) is 20.5. The molecule has 34 heavy (non-hydrogen) atoms. The van der Waals surface area contributed by atoms with Gasteiger partial charge in [-0.05, 0) is 28.7 Å². The molecule has 4 heteroatoms. The Morgan fingerprint density at radius 1 is 0.765 bits per heavy atom. The van der Waals surface area contributed by atoms with Gasteiger partial charge in [0.15, 0.2) is 0 Å². The van der Waals surface area contributed by atoms with Crippen LogP contribution in [-0.4, -0.2) is 65.2 Å². The van der Waals surface area contributed by atoms with E-state index < -0.39 is 5.54 Å². The van der Waals surface area contributed by atoms with E-state index in [-0.39, 0.29) is 6.10 Å². The van der Waals surface area contributed by atoms with Crippen molar-refractivity contribution < 1.29 is 5.11 Å². The second-order valence-electron chi connectivity index (χ2n) is 9.23. The molecule has 0 bridgehead atoms. The maximum Gasteiger partial charge on any atom is 0.0975 e. The number of likely N-dealkylation sites (tertiary alicyclic amines) is 1. The van der Waals surface area contributed by atoms with Gasteiger partial charge in [-0.2, -0.15) is 11.8 Å². The minimum Gasteiger partial charge on any atom is -0.389 e. The zero-order valence-electron chi connectivity index (χ0n) is 19.7. The van der Waals surface area contributed by atoms with Crippen molar-refractivity contribution in [1.29, 1.82) is 0 Å². The van der Waals surface area contributed by atoms with Crippen LogP contribution < -0.4 is 0 Å². The largest absolute Gasteiger partial charge is 0.389 e. The van der Waals surface area contributed by atoms with Crippen molar-refractivity contribution >= 4 is 11.8 Å². The van der Waals surface area contributed by atoms with Gasteiger partial charge in [0.25, 0.3) is 0 Å². The van der Waals surface area contributed by atoms with Crippen LogP contribution in [0.5, 0.6) is 0 Å². The lowest BCUT2D eigenvalue weighted by atomic mass is 9.74. The summed E-state index contributed by atoms with van der Waals surface area (Å²) in [5, 5.41) is 11.0. The normalized spacial score (nSPS) is 21.6. The average molecular weight is 471 g/mol. The Balaban J connectivity index is 1.59. The number of benzene rings is 3. The number of thioether (sulfide) groups is 1. The fourth-order valence-electron chi connectivity index (χ4n) is 5.47. The van der Waals surface area contributed by atoms with E-state index in [1.165, 1.54) is 28.2 Å². The van der Waals surface area contributed by atoms with Crippen LogP contribution in [0.15, 0.2) is 103 Å². The van der Waals surface area contributed by atoms with Crippen LogP contribution >= 0.6 is 11.8 Å². The highest BCUT2D eigenvalue weighted by Gasteiger charge is 2.44. The van der Waals surface area contributed by atoms with Gasteiger partial charge in [0.2, 0.25) is 0 Å². The number of piperidine rings is 1. The first-order chi connectivity index (χ1) is 16.8. The molecule has 0 radical (unpaired) electrons. The number of nitrogens with zero attached hydrogens (tertiary/aromatic N) is 2. The molecule has 2 fully saturated rings. The molecule has 0 saturated carbocycles. The SMILES string of the molecule is OC1CCN(C(c2ccccc2)(c2ccccc2)c2ccccc2)C/C1=C\CN1CCSCC1. The van der Waals surface area contributed by atoms with Crippen molar-refractivity contribution in [3.63, 3.8) is 0 Å². The summed E-state index contributed by atoms with van der Waals surface area (Å²) in [4.78, 5) is 5.09. The quantitative estimate of drug-likeness (QED) is 0.404. The number of aliphatic hydroxyl groups is 1. The van der Waals surface area contributed by atoms with Gasteiger partial charge in [-0.3, -0.25) is 9.80 Å². The van der Waals surface area contributed by atoms with Gasteiger partial charge in [0.1, 0.15) is 0 Å². The van der Waals surface area contributed by atoms with E-state index in [9.17, 15) is 5.11 Å². The lowest BCUT2D eigenvalue weighted by Gasteiger charge is -2.48. The lowest BCUT2D eigenvalue weighted by Crippen LogP contribution is -2.53. The van der Waals surface area contributed by atoms with E-state index >= 15 is 0 Å². The summed E-state index contributed by atoms with van der Waals surface area (Å²) in [6, 6.07) is 32.6. The number of hydrogen-bond donors (Lipinski definition) is 1. The minimum absolute atomic E-state index is 0.365. The highest BCUT2D eigenvalue weighted by molar-refractivity contribution is 7.99. The monoisotopic (exact) mass is 470 g/mol. The molecule has 2 heterocycles. The van der Waals surface area contributed by atoms with Gasteiger partial charge in [-0.15, -0.1) is 0 Å². The smallest absolute Gasteiger partial charge is 0.0975 e. The van der Waals surface area contributed by atoms with E-state index in [0.717, 1.165) is 44.7 Å². The Morgan fingerprint density at radius 3 is 1.76 bits per heavy atom. The Labute approximate surface area is 208 Å². The second kappa shape index (κ2) is 10.9. The molecule has 0 aliphatic carbocycles. The van der Waals surface area contributed by atoms with Crippen molar-refractivity contribution in [2.45, 2.75) is 18.1 Å². The van der Waals surface area contributed by atoms with Gasteiger partial charge in [0.05, 0.1) is 11.6 Å². The average Bonchev–Trinajstić information content (AvgIpc) is 2.92. The highest BCUT2D eigenvalue weighted by Crippen LogP contribution is 2.44. The van der Waals surface area contributed by atoms with Gasteiger partial charge in [-0.25, -0.2) is 0 Å². The minimum atomic E-state index is -0.426. The van der Waals surface area contributed by atoms with E-state index in [4.69, 9.17) is 0 Å². The molecule has 2 aliphatic heterocycles. The van der Waals surface area contributed by atoms with Crippen molar-refractivity contribution in [3.8, 4) is 0 Å². The molecule has 0 amide bonds. The van der Waals surface area contributed by atoms with E-state index in [1.54, 1.807) is 0 Å². The van der Waals surface area contributed by atoms with Crippen molar-refractivity contribution in [2.75, 3.05) is 44.2 Å². The summed E-state index contributed by atoms with van der Waals surface area (Å²) in [5.41, 5.74) is 4.50. The van der Waals surface area contributed by atoms with E-state index in [0.29, 0.717) is 0 Å². The summed E-state index contributed by atoms with van der Waals surface area (Å²) in [6.45, 7) is 4.78. The Morgan fingerprint density at radius 2 is 1.26 bits per heavy atom. The molecule has 3 aromatic carbocycles. The first-order valence-corrected chi connectivity index (χ1v) is 13.5. The third kappa shape index (κ3) is 4.73. The van der Waals surface area contributed by atoms with Gasteiger partial charge in [0, 0.05) is 44.2 Å². The Hall–Kier alpha value is -2.37. The standard InChI is InChI=1S/C30H34N2OS/c33-29-17-19-32(24-25(29)16-18-31-20-22-34-23-21-31)30(26-10-4-1-5-11-26,27-12-6-2-7-13-27)28-14-8-3-9-15-28/h1-16,29,33H,17-24H2/b25-16+. The molecule has 2 aliphatic rings. The summed E-state index contributed by atoms with van der Waals surface area (Å²) >= 11 is 2.04. The maximum absolute atomic E-state index is 11.0. The first kappa shape index (κ1) is 23.4. The predicted molar refractivity (Wildman–Crippen MR) is 143 cm³/mol. The zero-order chi connectivity index (χ0) is 23.2. The molecule has 2 saturated heterocycles. The van der Waals surface area contributed by atoms with Crippen molar-refractivity contribution in [1.82, 2.24) is 9.80 Å². The first-order valence-electron chi connectivity index (χ1n) is 12.4. The van der Waals surface area contributed by atoms with Gasteiger partial charge >= 0.3 is 0 Å². The third-order valence-electron chi connectivity index (χ3n) is 7.24. The third-order valence-corrected chi connectivity index (χ3v) is 8.18. The van der Waals surface area contributed by atoms with Crippen LogP contribution in [-0.2, 0) is 5.54 Å². The molecule has 3 nitrogen and oxygen atoms in total. The molecule has 1 atom stereocenters. The molecule has 176 valence electrons. The molecule has 0 aromatic heterocycles. The highest BCUT2D eigenvalue weighted by atomic mass is 32.2. The van der Waals surface area contributed by atoms with Crippen LogP contribution in [0.3, 0.4) is 0 Å². The molecular formula is C30H34N2OS. The van der Waals surface area contributed by atoms with E-state index in [2.05, 4.69) is 107 Å². The van der Waals surface area contributed by atoms with Crippen molar-refractivity contribution in [2.24, 2.45) is 0 Å². The maximum atomic E-state index is 11.0. The molecule has 0 spiro atoms. The van der Waals surface area contributed by atoms with Crippen LogP contribution in [0.4, 0.5) is 0 Å². The Kier molecular flexibility index (Phi) is 7.51. The Bertz CT molecular complexity index is 968. The summed E-state index contributed by atoms with van der Waals surface area (Å²) in [6.07, 6.45) is 2.68. The molecular weight excluding hydrogens is 436 g/mol. The number of hydrogen-bond acceptors (Lipinski definition) is 4. The van der Waals surface area contributed by atoms with Crippen LogP contribution in [0, 0.1) is 0 Å². The van der Waals surface area contributed by atoms with Crippen LogP contribution in [0.2, 0.25) is 0 Å². The summed E-state index contributed by atoms with van der Waals surface area (Å²) in [7, 11) is 0. The fourth-order valence-corrected chi connectivity index (χ4v) is 6.45. The second-order valence-corrected chi connectivity index (χ2v) is 10.5. The molecule has 1 N–H and O–H groups in total. The molecule has 1 unspecified atom stereocenters. The van der Waals surface area contributed by atoms with Gasteiger partial charge < -0.3 is 5.11 Å². The molecule has 5 rings (SSSR count). The molecule has 3 aromatic rings. The van der Waals surface area contributed by atoms with E-state index in [1.807, 2.05) is 11.8 Å². The summed E-state index contributed by atoms with van der Waals surface area (Å²) < 4.78 is 0. The summed E-state index contributed by atoms with van der Waals surface area (Å²) in [5.74, 6) is 2.41. The predicted octanol–water partition coefficient (Wildman–Crippen LogP) is 5.02. The van der Waals surface area contributed by atoms with Crippen LogP contribution in [0.25, 0.3) is 0 Å². The lowest BCUT2D eigenvalue weighted by molar-refractivity contribution is 0.0854.